The molecule has 1 fully saturated rings. The minimum Gasteiger partial charge on any atom is -0.497 e. The van der Waals surface area contributed by atoms with E-state index in [1.807, 2.05) is 78.9 Å². The van der Waals surface area contributed by atoms with Crippen LogP contribution in [0, 0.1) is 11.3 Å². The topological polar surface area (TPSA) is 166 Å². The van der Waals surface area contributed by atoms with E-state index in [1.165, 1.54) is 81.0 Å². The van der Waals surface area contributed by atoms with Crippen LogP contribution >= 0.6 is 8.53 Å². The highest BCUT2D eigenvalue weighted by Gasteiger charge is 2.51. The third kappa shape index (κ3) is 16.6. The summed E-state index contributed by atoms with van der Waals surface area (Å²) in [5.41, 5.74) is -0.106. The van der Waals surface area contributed by atoms with Gasteiger partial charge in [-0.2, -0.15) is 5.26 Å². The summed E-state index contributed by atoms with van der Waals surface area (Å²) in [6.07, 6.45) is 15.6. The highest BCUT2D eigenvalue weighted by atomic mass is 31.2. The summed E-state index contributed by atoms with van der Waals surface area (Å²) < 4.78 is 42.5. The van der Waals surface area contributed by atoms with Crippen molar-refractivity contribution in [3.8, 4) is 17.6 Å². The van der Waals surface area contributed by atoms with Gasteiger partial charge in [-0.05, 0) is 75.1 Å². The molecule has 0 radical (unpaired) electrons. The van der Waals surface area contributed by atoms with Crippen LogP contribution in [0.5, 0.6) is 11.5 Å². The summed E-state index contributed by atoms with van der Waals surface area (Å²) >= 11 is 0. The lowest BCUT2D eigenvalue weighted by atomic mass is 9.80. The predicted molar refractivity (Wildman–Crippen MR) is 280 cm³/mol. The summed E-state index contributed by atoms with van der Waals surface area (Å²) in [5.74, 6) is 1.12. The van der Waals surface area contributed by atoms with Gasteiger partial charge in [-0.25, -0.2) is 9.46 Å². The Morgan fingerprint density at radius 3 is 1.79 bits per heavy atom. The van der Waals surface area contributed by atoms with Crippen molar-refractivity contribution in [3.05, 3.63) is 129 Å². The maximum atomic E-state index is 14.2. The number of ether oxygens (including phenoxy) is 4. The van der Waals surface area contributed by atoms with Crippen molar-refractivity contribution in [3.63, 3.8) is 0 Å². The number of carbonyl (C=O) groups is 1. The minimum absolute atomic E-state index is 0.0398. The number of carbonyl (C=O) groups excluding carboxylic acids is 1. The predicted octanol–water partition coefficient (Wildman–Crippen LogP) is 11.5. The Morgan fingerprint density at radius 2 is 1.30 bits per heavy atom. The van der Waals surface area contributed by atoms with Crippen molar-refractivity contribution in [2.75, 3.05) is 27.4 Å². The first-order valence-corrected chi connectivity index (χ1v) is 27.1. The molecule has 1 saturated heterocycles. The molecular weight excluding hydrogens is 918 g/mol. The average Bonchev–Trinajstić information content (AvgIpc) is 3.69. The molecule has 1 unspecified atom stereocenters. The van der Waals surface area contributed by atoms with Gasteiger partial charge in [-0.3, -0.25) is 19.1 Å². The SMILES string of the molecule is CCCCCCCCCCCCCCCCC(=O)N[C@@H]1[C@H](OP(OCCC#N)N(C(C)C)C(C)C)[C@@H](COC(c2ccccc2)(c2ccc(OC)cc2)c2ccc(OC)cc2)O[C@H]1n1ccc(=O)[nH]c1=O. The zero-order valence-corrected chi connectivity index (χ0v) is 44.2. The van der Waals surface area contributed by atoms with E-state index in [0.717, 1.165) is 36.0 Å². The number of nitrogens with one attached hydrogen (secondary N) is 2. The van der Waals surface area contributed by atoms with Gasteiger partial charge in [-0.15, -0.1) is 0 Å². The molecule has 1 aliphatic rings. The van der Waals surface area contributed by atoms with Gasteiger partial charge in [0.25, 0.3) is 14.1 Å². The van der Waals surface area contributed by atoms with Crippen molar-refractivity contribution < 1.29 is 32.8 Å². The fourth-order valence-corrected chi connectivity index (χ4v) is 11.2. The van der Waals surface area contributed by atoms with Crippen molar-refractivity contribution in [2.45, 2.75) is 180 Å². The molecule has 5 atom stereocenters. The minimum atomic E-state index is -1.89. The smallest absolute Gasteiger partial charge is 0.330 e. The van der Waals surface area contributed by atoms with Crippen LogP contribution < -0.4 is 26.0 Å². The van der Waals surface area contributed by atoms with E-state index in [1.54, 1.807) is 14.2 Å². The fourth-order valence-electron chi connectivity index (χ4n) is 9.44. The van der Waals surface area contributed by atoms with Gasteiger partial charge in [0.15, 0.2) is 6.23 Å². The van der Waals surface area contributed by atoms with Crippen molar-refractivity contribution >= 4 is 14.4 Å². The monoisotopic (exact) mass is 998 g/mol. The Balaban J connectivity index is 1.49. The Morgan fingerprint density at radius 1 is 0.775 bits per heavy atom. The number of rotatable bonds is 33. The van der Waals surface area contributed by atoms with Gasteiger partial charge in [-0.1, -0.05) is 145 Å². The van der Waals surface area contributed by atoms with E-state index in [9.17, 15) is 19.6 Å². The summed E-state index contributed by atoms with van der Waals surface area (Å²) in [6.45, 7) is 10.5. The summed E-state index contributed by atoms with van der Waals surface area (Å²) in [7, 11) is 1.35. The number of hydrogen-bond donors (Lipinski definition) is 2. The standard InChI is InChI=1S/C56H80N5O9P/c1-8-9-10-11-12-13-14-15-16-17-18-19-20-24-28-50(62)58-52-53(70-71(68-40-25-38-57)61(42(2)3)43(4)5)49(69-54(52)60-39-37-51(63)59-55(60)64)41-67-56(44-26-22-21-23-27-44,45-29-33-47(65-6)34-30-45)46-31-35-48(66-7)36-32-46/h21-23,26-27,29-37,39,42-43,49,52-54H,8-20,24-25,28,40-41H2,1-7H3,(H,58,62)(H,59,63,64)/t49-,52-,53-,54-,71?/m1/s1. The Bertz CT molecular complexity index is 2250. The number of aromatic nitrogens is 2. The maximum absolute atomic E-state index is 14.2. The summed E-state index contributed by atoms with van der Waals surface area (Å²) in [6, 6.07) is 27.7. The third-order valence-corrected chi connectivity index (χ3v) is 15.2. The van der Waals surface area contributed by atoms with E-state index in [-0.39, 0.29) is 44.0 Å². The molecule has 71 heavy (non-hydrogen) atoms. The Hall–Kier alpha value is -4.87. The summed E-state index contributed by atoms with van der Waals surface area (Å²) in [5, 5.41) is 12.8. The largest absolute Gasteiger partial charge is 0.497 e. The second-order valence-corrected chi connectivity index (χ2v) is 20.4. The number of benzene rings is 3. The van der Waals surface area contributed by atoms with Crippen LogP contribution in [0.4, 0.5) is 0 Å². The number of unbranched alkanes of at least 4 members (excludes halogenated alkanes) is 13. The van der Waals surface area contributed by atoms with Crippen LogP contribution in [0.1, 0.15) is 160 Å². The fraction of sp³-hybridized carbons (Fsp3) is 0.571. The highest BCUT2D eigenvalue weighted by molar-refractivity contribution is 7.44. The van der Waals surface area contributed by atoms with Crippen LogP contribution in [-0.2, 0) is 28.9 Å². The Labute approximate surface area is 423 Å². The second kappa shape index (κ2) is 30.2. The molecule has 0 bridgehead atoms. The maximum Gasteiger partial charge on any atom is 0.330 e. The van der Waals surface area contributed by atoms with E-state index in [4.69, 9.17) is 28.0 Å². The second-order valence-electron chi connectivity index (χ2n) is 19.0. The lowest BCUT2D eigenvalue weighted by Crippen LogP contribution is -2.50. The van der Waals surface area contributed by atoms with Crippen LogP contribution in [0.15, 0.2) is 101 Å². The van der Waals surface area contributed by atoms with Crippen molar-refractivity contribution in [1.29, 1.82) is 5.26 Å². The van der Waals surface area contributed by atoms with Gasteiger partial charge < -0.3 is 33.3 Å². The molecule has 1 amide bonds. The molecule has 4 aromatic rings. The molecule has 3 aromatic carbocycles. The molecule has 388 valence electrons. The molecule has 14 nitrogen and oxygen atoms in total. The third-order valence-electron chi connectivity index (χ3n) is 13.1. The van der Waals surface area contributed by atoms with Crippen LogP contribution in [-0.4, -0.2) is 77.9 Å². The molecule has 1 aromatic heterocycles. The first-order valence-electron chi connectivity index (χ1n) is 26.0. The van der Waals surface area contributed by atoms with Crippen LogP contribution in [0.3, 0.4) is 0 Å². The van der Waals surface area contributed by atoms with E-state index < -0.39 is 49.9 Å². The number of amides is 1. The molecule has 0 aliphatic carbocycles. The van der Waals surface area contributed by atoms with Gasteiger partial charge >= 0.3 is 5.69 Å². The average molecular weight is 998 g/mol. The molecule has 5 rings (SSSR count). The number of aromatic amines is 1. The molecule has 15 heteroatoms. The lowest BCUT2D eigenvalue weighted by Gasteiger charge is -2.39. The number of H-pyrrole nitrogens is 1. The van der Waals surface area contributed by atoms with Crippen LogP contribution in [0.25, 0.3) is 0 Å². The first kappa shape index (κ1) is 57.0. The molecule has 2 N–H and O–H groups in total. The zero-order chi connectivity index (χ0) is 51.0. The van der Waals surface area contributed by atoms with E-state index in [0.29, 0.717) is 17.9 Å². The number of nitrogens with zero attached hydrogens (tertiary/aromatic N) is 3. The molecule has 1 aliphatic heterocycles. The van der Waals surface area contributed by atoms with Crippen molar-refractivity contribution in [2.24, 2.45) is 0 Å². The number of methoxy groups -OCH3 is 2. The van der Waals surface area contributed by atoms with Gasteiger partial charge in [0.2, 0.25) is 5.91 Å². The number of hydrogen-bond acceptors (Lipinski definition) is 11. The lowest BCUT2D eigenvalue weighted by molar-refractivity contribution is -0.123. The van der Waals surface area contributed by atoms with E-state index >= 15 is 0 Å². The van der Waals surface area contributed by atoms with Gasteiger partial charge in [0.05, 0.1) is 39.9 Å². The zero-order valence-electron chi connectivity index (χ0n) is 43.3. The van der Waals surface area contributed by atoms with E-state index in [2.05, 4.69) is 55.7 Å². The van der Waals surface area contributed by atoms with Crippen LogP contribution in [0.2, 0.25) is 0 Å². The molecule has 0 saturated carbocycles. The normalized spacial score (nSPS) is 17.4. The molecule has 0 spiro atoms. The highest BCUT2D eigenvalue weighted by Crippen LogP contribution is 2.51. The van der Waals surface area contributed by atoms with Gasteiger partial charge in [0, 0.05) is 30.8 Å². The Kier molecular flexibility index (Phi) is 24.3. The molecular formula is C56H80N5O9P. The van der Waals surface area contributed by atoms with Crippen molar-refractivity contribution in [1.82, 2.24) is 19.5 Å². The summed E-state index contributed by atoms with van der Waals surface area (Å²) in [4.78, 5) is 42.7. The van der Waals surface area contributed by atoms with Gasteiger partial charge in [0.1, 0.15) is 35.3 Å². The number of nitriles is 1. The first-order chi connectivity index (χ1) is 34.5. The molecule has 2 heterocycles. The quantitative estimate of drug-likeness (QED) is 0.0265.